The molecule has 0 radical (unpaired) electrons. The zero-order chi connectivity index (χ0) is 43.4. The fraction of sp³-hybridized carbons (Fsp3) is 0. The quantitative estimate of drug-likeness (QED) is 0.0427. The molecule has 0 aliphatic heterocycles. The van der Waals surface area contributed by atoms with Crippen molar-refractivity contribution in [2.45, 2.75) is 4.90 Å². The van der Waals surface area contributed by atoms with Crippen LogP contribution in [0.1, 0.15) is 33.4 Å². The third-order valence-corrected chi connectivity index (χ3v) is 13.8. The van der Waals surface area contributed by atoms with Crippen molar-refractivity contribution in [3.63, 3.8) is 0 Å². The molecule has 304 valence electrons. The molecule has 0 fully saturated rings. The van der Waals surface area contributed by atoms with E-state index >= 15 is 0 Å². The summed E-state index contributed by atoms with van der Waals surface area (Å²) < 4.78 is 6.79. The highest BCUT2D eigenvalue weighted by Crippen LogP contribution is 2.64. The average molecular weight is 854 g/mol. The molecule has 7 nitrogen and oxygen atoms in total. The second-order valence-electron chi connectivity index (χ2n) is 14.2. The average Bonchev–Trinajstić information content (AvgIpc) is 3.34. The van der Waals surface area contributed by atoms with E-state index < -0.39 is 7.35 Å². The van der Waals surface area contributed by atoms with Gasteiger partial charge in [0, 0.05) is 43.8 Å². The summed E-state index contributed by atoms with van der Waals surface area (Å²) in [5, 5.41) is 19.9. The van der Waals surface area contributed by atoms with Crippen molar-refractivity contribution in [1.29, 1.82) is 10.5 Å². The van der Waals surface area contributed by atoms with E-state index in [1.54, 1.807) is 23.5 Å². The number of para-hydroxylation sites is 4. The third kappa shape index (κ3) is 10.3. The number of nitrogens with two attached hydrogens (primary N) is 2. The van der Waals surface area contributed by atoms with Gasteiger partial charge < -0.3 is 20.8 Å². The first-order valence-electron chi connectivity index (χ1n) is 20.0. The van der Waals surface area contributed by atoms with Gasteiger partial charge in [-0.1, -0.05) is 151 Å². The number of hydroxylamine groups is 1. The molecule has 0 aromatic heterocycles. The van der Waals surface area contributed by atoms with Crippen LogP contribution in [-0.2, 0) is 0 Å². The Kier molecular flexibility index (Phi) is 13.3. The number of nitriles is 2. The van der Waals surface area contributed by atoms with Crippen LogP contribution in [0.15, 0.2) is 205 Å². The van der Waals surface area contributed by atoms with Crippen LogP contribution in [0, 0.1) is 22.7 Å². The van der Waals surface area contributed by atoms with Crippen LogP contribution in [0.25, 0.3) is 45.4 Å². The SMILES string of the molecule is N#Cc1ccc(/C(=C/c2cccc(-c3ccc(-c4cccc(/C=C(/c5ccc(C#N)cc5)P(Oc5ccccc5)Sc5ccccc5)c4N)cc3)c2N)NOc2ccccc2)cc1. The minimum Gasteiger partial charge on any atom is -0.458 e. The van der Waals surface area contributed by atoms with Gasteiger partial charge in [0.15, 0.2) is 13.1 Å². The summed E-state index contributed by atoms with van der Waals surface area (Å²) >= 11 is 1.66. The van der Waals surface area contributed by atoms with Crippen molar-refractivity contribution in [1.82, 2.24) is 5.48 Å². The predicted molar refractivity (Wildman–Crippen MR) is 261 cm³/mol. The molecule has 8 aromatic carbocycles. The number of hydrogen-bond donors (Lipinski definition) is 3. The van der Waals surface area contributed by atoms with Crippen molar-refractivity contribution >= 4 is 53.3 Å². The Morgan fingerprint density at radius 2 is 0.984 bits per heavy atom. The number of rotatable bonds is 14. The lowest BCUT2D eigenvalue weighted by Gasteiger charge is -2.22. The number of benzene rings is 8. The molecule has 8 rings (SSSR count). The molecule has 0 spiro atoms. The van der Waals surface area contributed by atoms with Crippen LogP contribution >= 0.6 is 18.7 Å². The van der Waals surface area contributed by atoms with Crippen molar-refractivity contribution < 1.29 is 9.36 Å². The van der Waals surface area contributed by atoms with Crippen LogP contribution in [0.3, 0.4) is 0 Å². The van der Waals surface area contributed by atoms with Crippen molar-refractivity contribution in [3.05, 3.63) is 234 Å². The van der Waals surface area contributed by atoms with Gasteiger partial charge in [-0.2, -0.15) is 10.5 Å². The van der Waals surface area contributed by atoms with Gasteiger partial charge in [0.2, 0.25) is 0 Å². The molecule has 0 bridgehead atoms. The van der Waals surface area contributed by atoms with Crippen LogP contribution in [0.5, 0.6) is 11.5 Å². The van der Waals surface area contributed by atoms with Gasteiger partial charge in [-0.15, -0.1) is 0 Å². The molecule has 0 amide bonds. The Morgan fingerprint density at radius 1 is 0.508 bits per heavy atom. The van der Waals surface area contributed by atoms with Gasteiger partial charge in [0.05, 0.1) is 29.0 Å². The fourth-order valence-corrected chi connectivity index (χ4v) is 10.5. The van der Waals surface area contributed by atoms with Crippen LogP contribution in [-0.4, -0.2) is 0 Å². The summed E-state index contributed by atoms with van der Waals surface area (Å²) in [4.78, 5) is 7.01. The summed E-state index contributed by atoms with van der Waals surface area (Å²) in [5.41, 5.74) is 27.2. The molecule has 8 aromatic rings. The lowest BCUT2D eigenvalue weighted by atomic mass is 9.95. The Labute approximate surface area is 372 Å². The number of nitrogens with one attached hydrogen (secondary N) is 1. The van der Waals surface area contributed by atoms with E-state index in [0.717, 1.165) is 60.5 Å². The summed E-state index contributed by atoms with van der Waals surface area (Å²) in [6, 6.07) is 69.0. The maximum absolute atomic E-state index is 9.59. The van der Waals surface area contributed by atoms with Crippen molar-refractivity contribution in [2.24, 2.45) is 0 Å². The zero-order valence-electron chi connectivity index (χ0n) is 33.9. The first-order chi connectivity index (χ1) is 30.9. The molecule has 5 N–H and O–H groups in total. The van der Waals surface area contributed by atoms with E-state index in [-0.39, 0.29) is 0 Å². The van der Waals surface area contributed by atoms with Crippen LogP contribution < -0.4 is 26.3 Å². The van der Waals surface area contributed by atoms with Gasteiger partial charge in [0.1, 0.15) is 5.75 Å². The Balaban J connectivity index is 1.12. The fourth-order valence-electron chi connectivity index (χ4n) is 6.78. The summed E-state index contributed by atoms with van der Waals surface area (Å²) in [6.45, 7) is 0. The number of anilines is 2. The molecule has 63 heavy (non-hydrogen) atoms. The topological polar surface area (TPSA) is 130 Å². The molecule has 0 aliphatic rings. The normalized spacial score (nSPS) is 11.8. The Bertz CT molecular complexity index is 2920. The van der Waals surface area contributed by atoms with E-state index in [0.29, 0.717) is 33.9 Å². The molecule has 0 aliphatic carbocycles. The lowest BCUT2D eigenvalue weighted by Crippen LogP contribution is -2.17. The first kappa shape index (κ1) is 41.7. The van der Waals surface area contributed by atoms with Crippen molar-refractivity contribution in [3.8, 4) is 45.9 Å². The summed E-state index contributed by atoms with van der Waals surface area (Å²) in [6.07, 6.45) is 4.06. The Morgan fingerprint density at radius 3 is 1.51 bits per heavy atom. The molecule has 0 saturated heterocycles. The minimum atomic E-state index is -1.34. The lowest BCUT2D eigenvalue weighted by molar-refractivity contribution is 0.253. The van der Waals surface area contributed by atoms with Gasteiger partial charge in [-0.05, 0) is 95.1 Å². The molecule has 0 heterocycles. The summed E-state index contributed by atoms with van der Waals surface area (Å²) in [5.74, 6) is 1.41. The van der Waals surface area contributed by atoms with Crippen LogP contribution in [0.4, 0.5) is 11.4 Å². The van der Waals surface area contributed by atoms with E-state index in [4.69, 9.17) is 20.8 Å². The molecular weight excluding hydrogens is 814 g/mol. The second kappa shape index (κ2) is 20.0. The van der Waals surface area contributed by atoms with E-state index in [9.17, 15) is 10.5 Å². The van der Waals surface area contributed by atoms with E-state index in [1.807, 2.05) is 158 Å². The second-order valence-corrected chi connectivity index (χ2v) is 17.6. The smallest absolute Gasteiger partial charge is 0.185 e. The van der Waals surface area contributed by atoms with Gasteiger partial charge in [0.25, 0.3) is 0 Å². The molecule has 1 atom stereocenters. The molecule has 9 heteroatoms. The maximum atomic E-state index is 9.59. The highest BCUT2D eigenvalue weighted by molar-refractivity contribution is 8.57. The number of hydrogen-bond acceptors (Lipinski definition) is 8. The van der Waals surface area contributed by atoms with Gasteiger partial charge in [-0.3, -0.25) is 0 Å². The van der Waals surface area contributed by atoms with Gasteiger partial charge >= 0.3 is 0 Å². The predicted octanol–water partition coefficient (Wildman–Crippen LogP) is 13.7. The van der Waals surface area contributed by atoms with Crippen molar-refractivity contribution in [2.75, 3.05) is 11.5 Å². The first-order valence-corrected chi connectivity index (χ1v) is 22.7. The molecule has 0 saturated carbocycles. The highest BCUT2D eigenvalue weighted by Gasteiger charge is 2.23. The third-order valence-electron chi connectivity index (χ3n) is 10.1. The van der Waals surface area contributed by atoms with Gasteiger partial charge in [-0.25, -0.2) is 5.48 Å². The summed E-state index contributed by atoms with van der Waals surface area (Å²) in [7, 11) is -1.34. The van der Waals surface area contributed by atoms with E-state index in [2.05, 4.69) is 60.1 Å². The van der Waals surface area contributed by atoms with E-state index in [1.165, 1.54) is 0 Å². The monoisotopic (exact) mass is 853 g/mol. The zero-order valence-corrected chi connectivity index (χ0v) is 35.6. The Hall–Kier alpha value is -8.00. The standard InChI is InChI=1S/C54H40N5O2PS/c55-36-38-22-26-42(27-23-38)51(59-60-46-14-4-1-5-15-46)34-44-12-10-20-49(53(44)57)40-30-32-41(33-31-40)50-21-11-13-45(54(50)58)35-52(43-28-24-39(37-56)25-29-43)62(61-47-16-6-2-7-17-47)63-48-18-8-3-9-19-48/h1-35,59H,57-58H2/b51-34-,52-35-. The maximum Gasteiger partial charge on any atom is 0.185 e. The molecular formula is C54H40N5O2PS. The minimum absolute atomic E-state index is 0.561. The van der Waals surface area contributed by atoms with Crippen LogP contribution in [0.2, 0.25) is 0 Å². The number of nitrogen functional groups attached to an aromatic ring is 2. The highest BCUT2D eigenvalue weighted by atomic mass is 32.7. The molecule has 1 unspecified atom stereocenters. The number of nitrogens with zero attached hydrogens (tertiary/aromatic N) is 2. The largest absolute Gasteiger partial charge is 0.458 e.